The lowest BCUT2D eigenvalue weighted by atomic mass is 9.72. The molecule has 1 heterocycles. The van der Waals surface area contributed by atoms with Gasteiger partial charge in [-0.1, -0.05) is 38.1 Å². The summed E-state index contributed by atoms with van der Waals surface area (Å²) in [6, 6.07) is 10.4. The van der Waals surface area contributed by atoms with Gasteiger partial charge in [-0.3, -0.25) is 9.78 Å². The van der Waals surface area contributed by atoms with Gasteiger partial charge in [0.1, 0.15) is 0 Å². The molecule has 0 saturated heterocycles. The molecule has 0 aliphatic heterocycles. The molecule has 1 fully saturated rings. The maximum Gasteiger partial charge on any atom is 0.250 e. The SMILES string of the molecule is CC1(C)CCC(CCc2ccc(-c3cncc(C(N)=O)c3)cc2)CC1. The van der Waals surface area contributed by atoms with Gasteiger partial charge in [0.15, 0.2) is 0 Å². The minimum atomic E-state index is -0.443. The van der Waals surface area contributed by atoms with E-state index >= 15 is 0 Å². The smallest absolute Gasteiger partial charge is 0.250 e. The fraction of sp³-hybridized carbons (Fsp3) is 0.455. The van der Waals surface area contributed by atoms with Crippen LogP contribution in [-0.4, -0.2) is 10.9 Å². The van der Waals surface area contributed by atoms with Crippen molar-refractivity contribution in [3.63, 3.8) is 0 Å². The Morgan fingerprint density at radius 1 is 1.12 bits per heavy atom. The van der Waals surface area contributed by atoms with Crippen molar-refractivity contribution < 1.29 is 4.79 Å². The van der Waals surface area contributed by atoms with E-state index in [-0.39, 0.29) is 0 Å². The van der Waals surface area contributed by atoms with Gasteiger partial charge in [-0.05, 0) is 67.1 Å². The Labute approximate surface area is 150 Å². The van der Waals surface area contributed by atoms with Crippen LogP contribution in [0.3, 0.4) is 0 Å². The highest BCUT2D eigenvalue weighted by molar-refractivity contribution is 5.93. The highest BCUT2D eigenvalue weighted by atomic mass is 16.1. The zero-order valence-corrected chi connectivity index (χ0v) is 15.3. The summed E-state index contributed by atoms with van der Waals surface area (Å²) in [7, 11) is 0. The quantitative estimate of drug-likeness (QED) is 0.835. The van der Waals surface area contributed by atoms with E-state index in [0.717, 1.165) is 23.5 Å². The fourth-order valence-corrected chi connectivity index (χ4v) is 3.71. The van der Waals surface area contributed by atoms with E-state index in [0.29, 0.717) is 11.0 Å². The second-order valence-electron chi connectivity index (χ2n) is 8.17. The number of hydrogen-bond acceptors (Lipinski definition) is 2. The van der Waals surface area contributed by atoms with E-state index in [1.165, 1.54) is 43.9 Å². The molecular formula is C22H28N2O. The summed E-state index contributed by atoms with van der Waals surface area (Å²) in [6.07, 6.45) is 11.2. The molecule has 3 nitrogen and oxygen atoms in total. The van der Waals surface area contributed by atoms with Gasteiger partial charge in [-0.2, -0.15) is 0 Å². The summed E-state index contributed by atoms with van der Waals surface area (Å²) in [5, 5.41) is 0. The summed E-state index contributed by atoms with van der Waals surface area (Å²) in [5.74, 6) is 0.436. The van der Waals surface area contributed by atoms with Crippen LogP contribution >= 0.6 is 0 Å². The van der Waals surface area contributed by atoms with Gasteiger partial charge >= 0.3 is 0 Å². The molecule has 0 radical (unpaired) electrons. The van der Waals surface area contributed by atoms with Gasteiger partial charge in [0.05, 0.1) is 5.56 Å². The standard InChI is InChI=1S/C22H28N2O/c1-22(2)11-9-17(10-12-22)4-3-16-5-7-18(8-6-16)19-13-20(21(23)25)15-24-14-19/h5-8,13-15,17H,3-4,9-12H2,1-2H3,(H2,23,25). The zero-order chi connectivity index (χ0) is 17.9. The van der Waals surface area contributed by atoms with E-state index in [1.807, 2.05) is 0 Å². The minimum Gasteiger partial charge on any atom is -0.366 e. The molecule has 1 amide bonds. The van der Waals surface area contributed by atoms with E-state index in [9.17, 15) is 4.79 Å². The number of nitrogens with zero attached hydrogens (tertiary/aromatic N) is 1. The zero-order valence-electron chi connectivity index (χ0n) is 15.3. The summed E-state index contributed by atoms with van der Waals surface area (Å²) in [6.45, 7) is 4.79. The van der Waals surface area contributed by atoms with E-state index < -0.39 is 5.91 Å². The number of pyridine rings is 1. The van der Waals surface area contributed by atoms with Crippen LogP contribution in [0.1, 0.15) is 61.9 Å². The molecule has 3 rings (SSSR count). The van der Waals surface area contributed by atoms with Crippen molar-refractivity contribution >= 4 is 5.91 Å². The van der Waals surface area contributed by atoms with Crippen molar-refractivity contribution in [2.24, 2.45) is 17.1 Å². The molecule has 1 saturated carbocycles. The van der Waals surface area contributed by atoms with Gasteiger partial charge in [-0.25, -0.2) is 0 Å². The summed E-state index contributed by atoms with van der Waals surface area (Å²) in [5.41, 5.74) is 9.70. The molecule has 0 atom stereocenters. The summed E-state index contributed by atoms with van der Waals surface area (Å²) < 4.78 is 0. The Morgan fingerprint density at radius 2 is 1.80 bits per heavy atom. The number of aromatic nitrogens is 1. The number of aryl methyl sites for hydroxylation is 1. The van der Waals surface area contributed by atoms with Crippen LogP contribution < -0.4 is 5.73 Å². The Hall–Kier alpha value is -2.16. The van der Waals surface area contributed by atoms with Crippen LogP contribution in [0.15, 0.2) is 42.7 Å². The third-order valence-electron chi connectivity index (χ3n) is 5.61. The predicted molar refractivity (Wildman–Crippen MR) is 102 cm³/mol. The predicted octanol–water partition coefficient (Wildman–Crippen LogP) is 5.00. The van der Waals surface area contributed by atoms with Gasteiger partial charge < -0.3 is 5.73 Å². The van der Waals surface area contributed by atoms with Crippen molar-refractivity contribution in [2.75, 3.05) is 0 Å². The molecule has 3 heteroatoms. The number of nitrogens with two attached hydrogens (primary N) is 1. The molecule has 25 heavy (non-hydrogen) atoms. The van der Waals surface area contributed by atoms with Gasteiger partial charge in [-0.15, -0.1) is 0 Å². The van der Waals surface area contributed by atoms with Gasteiger partial charge in [0.2, 0.25) is 5.91 Å². The number of rotatable bonds is 5. The van der Waals surface area contributed by atoms with Crippen LogP contribution in [-0.2, 0) is 6.42 Å². The lowest BCUT2D eigenvalue weighted by molar-refractivity contribution is 0.1000. The Morgan fingerprint density at radius 3 is 2.44 bits per heavy atom. The second kappa shape index (κ2) is 7.38. The van der Waals surface area contributed by atoms with E-state index in [1.54, 1.807) is 12.3 Å². The van der Waals surface area contributed by atoms with Crippen LogP contribution in [0, 0.1) is 11.3 Å². The van der Waals surface area contributed by atoms with Gasteiger partial charge in [0.25, 0.3) is 0 Å². The average molecular weight is 336 g/mol. The Bertz CT molecular complexity index is 724. The van der Waals surface area contributed by atoms with Crippen molar-refractivity contribution in [1.82, 2.24) is 4.98 Å². The monoisotopic (exact) mass is 336 g/mol. The van der Waals surface area contributed by atoms with Crippen molar-refractivity contribution in [3.05, 3.63) is 53.9 Å². The lowest BCUT2D eigenvalue weighted by Crippen LogP contribution is -2.21. The first-order chi connectivity index (χ1) is 11.9. The van der Waals surface area contributed by atoms with Gasteiger partial charge in [0, 0.05) is 18.0 Å². The Balaban J connectivity index is 1.59. The summed E-state index contributed by atoms with van der Waals surface area (Å²) in [4.78, 5) is 15.4. The molecule has 2 aromatic rings. The molecule has 0 spiro atoms. The highest BCUT2D eigenvalue weighted by Gasteiger charge is 2.26. The number of hydrogen-bond donors (Lipinski definition) is 1. The molecule has 0 unspecified atom stereocenters. The van der Waals surface area contributed by atoms with Crippen LogP contribution in [0.25, 0.3) is 11.1 Å². The van der Waals surface area contributed by atoms with Crippen LogP contribution in [0.4, 0.5) is 0 Å². The second-order valence-corrected chi connectivity index (χ2v) is 8.17. The maximum atomic E-state index is 11.3. The number of carbonyl (C=O) groups is 1. The highest BCUT2D eigenvalue weighted by Crippen LogP contribution is 2.39. The summed E-state index contributed by atoms with van der Waals surface area (Å²) >= 11 is 0. The number of benzene rings is 1. The molecule has 2 N–H and O–H groups in total. The van der Waals surface area contributed by atoms with Crippen LogP contribution in [0.5, 0.6) is 0 Å². The van der Waals surface area contributed by atoms with Crippen LogP contribution in [0.2, 0.25) is 0 Å². The first kappa shape index (κ1) is 17.7. The number of amides is 1. The number of primary amides is 1. The Kier molecular flexibility index (Phi) is 5.22. The van der Waals surface area contributed by atoms with E-state index in [4.69, 9.17) is 5.73 Å². The van der Waals surface area contributed by atoms with Crippen molar-refractivity contribution in [1.29, 1.82) is 0 Å². The first-order valence-electron chi connectivity index (χ1n) is 9.27. The van der Waals surface area contributed by atoms with Crippen molar-refractivity contribution in [3.8, 4) is 11.1 Å². The molecular weight excluding hydrogens is 308 g/mol. The molecule has 132 valence electrons. The number of carbonyl (C=O) groups excluding carboxylic acids is 1. The maximum absolute atomic E-state index is 11.3. The fourth-order valence-electron chi connectivity index (χ4n) is 3.71. The molecule has 1 aromatic heterocycles. The molecule has 1 aliphatic carbocycles. The largest absolute Gasteiger partial charge is 0.366 e. The molecule has 0 bridgehead atoms. The van der Waals surface area contributed by atoms with Crippen molar-refractivity contribution in [2.45, 2.75) is 52.4 Å². The first-order valence-corrected chi connectivity index (χ1v) is 9.27. The van der Waals surface area contributed by atoms with E-state index in [2.05, 4.69) is 43.1 Å². The third kappa shape index (κ3) is 4.68. The minimum absolute atomic E-state index is 0.443. The molecule has 1 aliphatic rings. The molecule has 1 aromatic carbocycles. The third-order valence-corrected chi connectivity index (χ3v) is 5.61. The normalized spacial score (nSPS) is 17.4. The lowest BCUT2D eigenvalue weighted by Gasteiger charge is -2.34. The topological polar surface area (TPSA) is 56.0 Å². The average Bonchev–Trinajstić information content (AvgIpc) is 2.61.